The maximum atomic E-state index is 14.3. The fourth-order valence-corrected chi connectivity index (χ4v) is 4.68. The highest BCUT2D eigenvalue weighted by Gasteiger charge is 2.51. The van der Waals surface area contributed by atoms with Crippen LogP contribution < -0.4 is 10.1 Å². The second-order valence-corrected chi connectivity index (χ2v) is 9.27. The molecule has 37 heavy (non-hydrogen) atoms. The first kappa shape index (κ1) is 24.4. The Labute approximate surface area is 214 Å². The van der Waals surface area contributed by atoms with Gasteiger partial charge in [-0.25, -0.2) is 14.2 Å². The van der Waals surface area contributed by atoms with Crippen LogP contribution in [0.25, 0.3) is 33.3 Å². The molecule has 5 rings (SSSR count). The number of benzene rings is 3. The topological polar surface area (TPSA) is 83.8 Å². The number of aliphatic imine (C=N–C) groups is 1. The van der Waals surface area contributed by atoms with Crippen LogP contribution in [0.3, 0.4) is 0 Å². The molecule has 2 N–H and O–H groups in total. The Morgan fingerprint density at radius 1 is 1.16 bits per heavy atom. The lowest BCUT2D eigenvalue weighted by Crippen LogP contribution is -2.32. The summed E-state index contributed by atoms with van der Waals surface area (Å²) in [6.45, 7) is 4.54. The van der Waals surface area contributed by atoms with Crippen molar-refractivity contribution >= 4 is 28.8 Å². The van der Waals surface area contributed by atoms with E-state index in [4.69, 9.17) is 9.72 Å². The summed E-state index contributed by atoms with van der Waals surface area (Å²) in [6, 6.07) is 18.4. The first-order valence-corrected chi connectivity index (χ1v) is 12.3. The van der Waals surface area contributed by atoms with E-state index in [9.17, 15) is 14.3 Å². The normalized spacial score (nSPS) is 14.2. The molecule has 3 aromatic carbocycles. The Morgan fingerprint density at radius 3 is 2.62 bits per heavy atom. The number of carbonyl (C=O) groups is 1. The van der Waals surface area contributed by atoms with Crippen LogP contribution >= 0.6 is 0 Å². The van der Waals surface area contributed by atoms with Crippen molar-refractivity contribution in [2.75, 3.05) is 19.0 Å². The highest BCUT2D eigenvalue weighted by atomic mass is 19.1. The molecule has 0 radical (unpaired) electrons. The first-order chi connectivity index (χ1) is 17.9. The fraction of sp³-hybridized carbons (Fsp3) is 0.233. The van der Waals surface area contributed by atoms with Gasteiger partial charge in [-0.3, -0.25) is 4.99 Å². The van der Waals surface area contributed by atoms with Crippen LogP contribution in [0.15, 0.2) is 65.7 Å². The van der Waals surface area contributed by atoms with Crippen molar-refractivity contribution in [3.63, 3.8) is 0 Å². The maximum absolute atomic E-state index is 14.3. The number of nitrogens with zero attached hydrogens (tertiary/aromatic N) is 2. The summed E-state index contributed by atoms with van der Waals surface area (Å²) < 4.78 is 20.1. The molecule has 1 aromatic heterocycles. The number of carboxylic acids is 1. The van der Waals surface area contributed by atoms with Gasteiger partial charge < -0.3 is 15.2 Å². The molecule has 0 amide bonds. The lowest BCUT2D eigenvalue weighted by atomic mass is 9.94. The first-order valence-electron chi connectivity index (χ1n) is 12.3. The van der Waals surface area contributed by atoms with Crippen molar-refractivity contribution in [3.8, 4) is 28.1 Å². The van der Waals surface area contributed by atoms with Crippen LogP contribution in [-0.2, 0) is 4.79 Å². The van der Waals surface area contributed by atoms with Crippen molar-refractivity contribution in [1.82, 2.24) is 4.98 Å². The number of rotatable bonds is 8. The molecule has 1 aliphatic carbocycles. The van der Waals surface area contributed by atoms with E-state index in [1.54, 1.807) is 19.3 Å². The molecule has 0 unspecified atom stereocenters. The number of aryl methyl sites for hydroxylation is 1. The summed E-state index contributed by atoms with van der Waals surface area (Å²) in [7, 11) is 1.65. The molecule has 1 heterocycles. The second-order valence-electron chi connectivity index (χ2n) is 9.27. The number of aromatic nitrogens is 1. The van der Waals surface area contributed by atoms with Crippen molar-refractivity contribution in [3.05, 3.63) is 77.6 Å². The van der Waals surface area contributed by atoms with Crippen molar-refractivity contribution in [2.24, 2.45) is 4.99 Å². The van der Waals surface area contributed by atoms with Crippen molar-refractivity contribution in [1.29, 1.82) is 0 Å². The van der Waals surface area contributed by atoms with Gasteiger partial charge in [-0.1, -0.05) is 36.4 Å². The van der Waals surface area contributed by atoms with Gasteiger partial charge in [-0.2, -0.15) is 0 Å². The summed E-state index contributed by atoms with van der Waals surface area (Å²) in [5, 5.41) is 13.6. The zero-order chi connectivity index (χ0) is 26.2. The van der Waals surface area contributed by atoms with Crippen LogP contribution in [0.5, 0.6) is 5.75 Å². The molecule has 188 valence electrons. The zero-order valence-electron chi connectivity index (χ0n) is 21.0. The monoisotopic (exact) mass is 497 g/mol. The number of carboxylic acid groups (broad SMARTS) is 1. The lowest BCUT2D eigenvalue weighted by molar-refractivity contribution is -0.138. The van der Waals surface area contributed by atoms with E-state index in [2.05, 4.69) is 16.4 Å². The molecule has 0 atom stereocenters. The standard InChI is InChI=1S/C30H28FN3O3/c1-4-37-26-8-6-5-7-22(26)19-9-11-21(18(2)15-19)27-24(17-32-3)28(34-30(13-14-30)29(35)36)23-16-20(31)10-12-25(23)33-27/h5-12,15-17H,4,13-14H2,1-3H3,(H,33,34)(H,35,36). The summed E-state index contributed by atoms with van der Waals surface area (Å²) >= 11 is 0. The highest BCUT2D eigenvalue weighted by Crippen LogP contribution is 2.44. The zero-order valence-corrected chi connectivity index (χ0v) is 21.0. The summed E-state index contributed by atoms with van der Waals surface area (Å²) in [5.41, 5.74) is 5.16. The number of ether oxygens (including phenoxy) is 1. The van der Waals surface area contributed by atoms with Gasteiger partial charge in [-0.15, -0.1) is 0 Å². The number of halogens is 1. The lowest BCUT2D eigenvalue weighted by Gasteiger charge is -2.21. The van der Waals surface area contributed by atoms with E-state index < -0.39 is 17.3 Å². The van der Waals surface area contributed by atoms with Gasteiger partial charge in [-0.05, 0) is 62.1 Å². The fourth-order valence-electron chi connectivity index (χ4n) is 4.68. The number of para-hydroxylation sites is 1. The average molecular weight is 498 g/mol. The van der Waals surface area contributed by atoms with Crippen molar-refractivity contribution < 1.29 is 19.0 Å². The number of hydrogen-bond donors (Lipinski definition) is 2. The van der Waals surface area contributed by atoms with E-state index in [1.165, 1.54) is 12.1 Å². The number of nitrogens with one attached hydrogen (secondary N) is 1. The molecule has 1 aliphatic rings. The largest absolute Gasteiger partial charge is 0.493 e. The minimum absolute atomic E-state index is 0.418. The Balaban J connectivity index is 1.71. The van der Waals surface area contributed by atoms with Gasteiger partial charge in [0.2, 0.25) is 0 Å². The van der Waals surface area contributed by atoms with Gasteiger partial charge in [0.15, 0.2) is 0 Å². The van der Waals surface area contributed by atoms with E-state index >= 15 is 0 Å². The molecular formula is C30H28FN3O3. The summed E-state index contributed by atoms with van der Waals surface area (Å²) in [4.78, 5) is 21.2. The van der Waals surface area contributed by atoms with Crippen LogP contribution in [-0.4, -0.2) is 41.5 Å². The Hall–Kier alpha value is -4.26. The minimum atomic E-state index is -1.07. The Kier molecular flexibility index (Phi) is 6.38. The third kappa shape index (κ3) is 4.53. The minimum Gasteiger partial charge on any atom is -0.493 e. The summed E-state index contributed by atoms with van der Waals surface area (Å²) in [6.07, 6.45) is 2.64. The predicted octanol–water partition coefficient (Wildman–Crippen LogP) is 6.49. The average Bonchev–Trinajstić information content (AvgIpc) is 3.67. The molecule has 0 aliphatic heterocycles. The quantitative estimate of drug-likeness (QED) is 0.272. The van der Waals surface area contributed by atoms with Gasteiger partial charge >= 0.3 is 5.97 Å². The number of fused-ring (bicyclic) bond motifs is 1. The van der Waals surface area contributed by atoms with E-state index in [0.717, 1.165) is 28.0 Å². The van der Waals surface area contributed by atoms with E-state index in [-0.39, 0.29) is 0 Å². The van der Waals surface area contributed by atoms with Crippen LogP contribution in [0.1, 0.15) is 30.9 Å². The van der Waals surface area contributed by atoms with Gasteiger partial charge in [0.25, 0.3) is 0 Å². The second kappa shape index (κ2) is 9.65. The van der Waals surface area contributed by atoms with Crippen LogP contribution in [0.4, 0.5) is 10.1 Å². The molecule has 1 saturated carbocycles. The molecule has 4 aromatic rings. The van der Waals surface area contributed by atoms with E-state index in [0.29, 0.717) is 47.3 Å². The Bertz CT molecular complexity index is 1540. The molecule has 6 nitrogen and oxygen atoms in total. The molecular weight excluding hydrogens is 469 g/mol. The number of anilines is 1. The molecule has 0 bridgehead atoms. The highest BCUT2D eigenvalue weighted by molar-refractivity contribution is 6.08. The van der Waals surface area contributed by atoms with Crippen molar-refractivity contribution in [2.45, 2.75) is 32.2 Å². The predicted molar refractivity (Wildman–Crippen MR) is 145 cm³/mol. The number of pyridine rings is 1. The summed E-state index contributed by atoms with van der Waals surface area (Å²) in [5.74, 6) is -0.529. The molecule has 0 spiro atoms. The van der Waals surface area contributed by atoms with Gasteiger partial charge in [0.1, 0.15) is 17.1 Å². The molecule has 1 fully saturated rings. The van der Waals surface area contributed by atoms with Crippen LogP contribution in [0.2, 0.25) is 0 Å². The third-order valence-electron chi connectivity index (χ3n) is 6.75. The number of hydrogen-bond acceptors (Lipinski definition) is 5. The molecule has 7 heteroatoms. The Morgan fingerprint density at radius 2 is 1.95 bits per heavy atom. The van der Waals surface area contributed by atoms with Crippen LogP contribution in [0, 0.1) is 12.7 Å². The van der Waals surface area contributed by atoms with Gasteiger partial charge in [0, 0.05) is 35.3 Å². The smallest absolute Gasteiger partial charge is 0.329 e. The molecule has 0 saturated heterocycles. The van der Waals surface area contributed by atoms with Gasteiger partial charge in [0.05, 0.1) is 23.5 Å². The third-order valence-corrected chi connectivity index (χ3v) is 6.75. The van der Waals surface area contributed by atoms with E-state index in [1.807, 2.05) is 50.2 Å². The maximum Gasteiger partial charge on any atom is 0.329 e. The number of aliphatic carboxylic acids is 1. The SMILES string of the molecule is CCOc1ccccc1-c1ccc(-c2nc3ccc(F)cc3c(NC3(C(=O)O)CC3)c2C=NC)c(C)c1.